The van der Waals surface area contributed by atoms with Gasteiger partial charge in [-0.15, -0.1) is 0 Å². The summed E-state index contributed by atoms with van der Waals surface area (Å²) in [5.74, 6) is 0.750. The van der Waals surface area contributed by atoms with Crippen LogP contribution in [0.1, 0.15) is 80.1 Å². The Balaban J connectivity index is 1.70. The van der Waals surface area contributed by atoms with Gasteiger partial charge in [0.2, 0.25) is 5.91 Å². The number of carbonyl (C=O) groups is 3. The minimum absolute atomic E-state index is 0.0858. The predicted molar refractivity (Wildman–Crippen MR) is 150 cm³/mol. The Kier molecular flexibility index (Phi) is 8.07. The van der Waals surface area contributed by atoms with Crippen molar-refractivity contribution in [3.05, 3.63) is 24.8 Å². The molecule has 6 heteroatoms. The third kappa shape index (κ3) is 4.69. The number of ether oxygens (including phenoxy) is 1. The lowest BCUT2D eigenvalue weighted by Gasteiger charge is -2.62. The van der Waals surface area contributed by atoms with Gasteiger partial charge in [-0.3, -0.25) is 14.9 Å². The SMILES string of the molecule is C=C/C=C/[C@]1(C)C[C@@H](OC(=O)NC(=O)[C@H]2CN(C)CC[C@@H]2C)[C@@]2(C)C3C(=O)CCC3(CC[C@H]2C)[C@@H](C)[C@@H]1C. The van der Waals surface area contributed by atoms with Gasteiger partial charge in [0.25, 0.3) is 0 Å². The van der Waals surface area contributed by atoms with E-state index in [1.165, 1.54) is 0 Å². The number of alkyl carbamates (subject to hydrolysis) is 1. The van der Waals surface area contributed by atoms with Gasteiger partial charge in [-0.25, -0.2) is 4.79 Å². The minimum Gasteiger partial charge on any atom is -0.445 e. The number of amides is 2. The van der Waals surface area contributed by atoms with Crippen LogP contribution in [-0.2, 0) is 14.3 Å². The molecule has 2 bridgehead atoms. The van der Waals surface area contributed by atoms with E-state index in [1.54, 1.807) is 6.08 Å². The fraction of sp³-hybridized carbons (Fsp3) is 0.781. The number of carbonyl (C=O) groups excluding carboxylic acids is 3. The summed E-state index contributed by atoms with van der Waals surface area (Å²) in [6.07, 6.45) is 9.97. The summed E-state index contributed by atoms with van der Waals surface area (Å²) in [5, 5.41) is 2.60. The minimum atomic E-state index is -0.674. The van der Waals surface area contributed by atoms with Gasteiger partial charge in [-0.05, 0) is 80.2 Å². The molecule has 6 nitrogen and oxygen atoms in total. The quantitative estimate of drug-likeness (QED) is 0.453. The zero-order chi connectivity index (χ0) is 28.0. The molecule has 0 aromatic rings. The summed E-state index contributed by atoms with van der Waals surface area (Å²) in [6.45, 7) is 18.9. The monoisotopic (exact) mass is 526 g/mol. The molecule has 3 saturated carbocycles. The number of allylic oxidation sites excluding steroid dienone is 3. The van der Waals surface area contributed by atoms with Gasteiger partial charge in [-0.1, -0.05) is 66.3 Å². The first-order chi connectivity index (χ1) is 17.8. The Morgan fingerprint density at radius 2 is 1.82 bits per heavy atom. The molecule has 1 N–H and O–H groups in total. The lowest BCUT2D eigenvalue weighted by atomic mass is 9.42. The zero-order valence-electron chi connectivity index (χ0n) is 24.7. The standard InChI is InChI=1S/C32H50N2O4/c1-9-10-14-30(6)18-26(38-29(37)33-28(36)24-19-34(8)17-13-20(24)2)31(7)21(3)11-15-32(23(5)22(30)4)16-12-25(35)27(31)32/h9-10,14,20-24,26-27H,1,11-13,15-19H2,2-8H3,(H,33,36,37)/b14-10+/t20-,21+,22-,23-,24-,26+,27?,30+,31-,32?/m0/s1. The fourth-order valence-electron chi connectivity index (χ4n) is 8.98. The Morgan fingerprint density at radius 1 is 1.11 bits per heavy atom. The van der Waals surface area contributed by atoms with E-state index < -0.39 is 17.6 Å². The van der Waals surface area contributed by atoms with Gasteiger partial charge in [0.15, 0.2) is 0 Å². The van der Waals surface area contributed by atoms with Crippen LogP contribution in [0.5, 0.6) is 0 Å². The maximum Gasteiger partial charge on any atom is 0.414 e. The highest BCUT2D eigenvalue weighted by Gasteiger charge is 2.67. The summed E-state index contributed by atoms with van der Waals surface area (Å²) >= 11 is 0. The van der Waals surface area contributed by atoms with Crippen molar-refractivity contribution in [3.8, 4) is 0 Å². The Hall–Kier alpha value is -1.95. The van der Waals surface area contributed by atoms with Crippen LogP contribution in [0.4, 0.5) is 4.79 Å². The van der Waals surface area contributed by atoms with Gasteiger partial charge in [0.1, 0.15) is 11.9 Å². The van der Waals surface area contributed by atoms with E-state index >= 15 is 0 Å². The van der Waals surface area contributed by atoms with Crippen LogP contribution < -0.4 is 5.32 Å². The summed E-state index contributed by atoms with van der Waals surface area (Å²) in [7, 11) is 2.01. The van der Waals surface area contributed by atoms with Crippen LogP contribution in [0.3, 0.4) is 0 Å². The van der Waals surface area contributed by atoms with Crippen LogP contribution in [-0.4, -0.2) is 48.9 Å². The Labute approximate surface area is 230 Å². The van der Waals surface area contributed by atoms with Crippen LogP contribution in [0, 0.1) is 51.8 Å². The van der Waals surface area contributed by atoms with Crippen LogP contribution in [0.15, 0.2) is 24.8 Å². The summed E-state index contributed by atoms with van der Waals surface area (Å²) in [4.78, 5) is 42.4. The third-order valence-corrected chi connectivity index (χ3v) is 12.1. The molecule has 1 heterocycles. The lowest BCUT2D eigenvalue weighted by molar-refractivity contribution is -0.179. The van der Waals surface area contributed by atoms with E-state index in [4.69, 9.17) is 4.74 Å². The molecule has 4 aliphatic rings. The number of Topliss-reactive ketones (excluding diaryl/α,β-unsaturated/α-hetero) is 1. The van der Waals surface area contributed by atoms with E-state index in [2.05, 4.69) is 64.4 Å². The number of imide groups is 1. The molecule has 0 aromatic heterocycles. The number of rotatable bonds is 4. The summed E-state index contributed by atoms with van der Waals surface area (Å²) in [5.41, 5.74) is -0.842. The molecule has 2 unspecified atom stereocenters. The maximum atomic E-state index is 13.7. The van der Waals surface area contributed by atoms with Crippen LogP contribution in [0.2, 0.25) is 0 Å². The van der Waals surface area contributed by atoms with Gasteiger partial charge in [0.05, 0.1) is 5.92 Å². The van der Waals surface area contributed by atoms with E-state index in [-0.39, 0.29) is 46.3 Å². The van der Waals surface area contributed by atoms with E-state index in [0.717, 1.165) is 32.2 Å². The van der Waals surface area contributed by atoms with Crippen LogP contribution in [0.25, 0.3) is 0 Å². The van der Waals surface area contributed by atoms with Crippen molar-refractivity contribution in [2.75, 3.05) is 20.1 Å². The number of piperidine rings is 1. The smallest absolute Gasteiger partial charge is 0.414 e. The van der Waals surface area contributed by atoms with Crippen molar-refractivity contribution < 1.29 is 19.1 Å². The number of nitrogens with one attached hydrogen (secondary N) is 1. The molecule has 2 amide bonds. The lowest BCUT2D eigenvalue weighted by Crippen LogP contribution is -2.62. The molecule has 4 rings (SSSR count). The average molecular weight is 527 g/mol. The van der Waals surface area contributed by atoms with Crippen molar-refractivity contribution in [1.82, 2.24) is 10.2 Å². The second-order valence-corrected chi connectivity index (χ2v) is 13.8. The molecular weight excluding hydrogens is 476 g/mol. The van der Waals surface area contributed by atoms with Gasteiger partial charge in [-0.2, -0.15) is 0 Å². The van der Waals surface area contributed by atoms with Gasteiger partial charge in [0, 0.05) is 24.3 Å². The normalized spacial score (nSPS) is 45.7. The summed E-state index contributed by atoms with van der Waals surface area (Å²) < 4.78 is 6.33. The predicted octanol–water partition coefficient (Wildman–Crippen LogP) is 6.02. The largest absolute Gasteiger partial charge is 0.445 e. The van der Waals surface area contributed by atoms with Gasteiger partial charge >= 0.3 is 6.09 Å². The van der Waals surface area contributed by atoms with E-state index in [1.807, 2.05) is 13.1 Å². The number of likely N-dealkylation sites (tertiary alicyclic amines) is 1. The topological polar surface area (TPSA) is 75.7 Å². The van der Waals surface area contributed by atoms with E-state index in [9.17, 15) is 14.4 Å². The average Bonchev–Trinajstić information content (AvgIpc) is 3.22. The Bertz CT molecular complexity index is 992. The first-order valence-electron chi connectivity index (χ1n) is 14.8. The molecule has 0 radical (unpaired) electrons. The highest BCUT2D eigenvalue weighted by atomic mass is 16.6. The second kappa shape index (κ2) is 10.6. The molecule has 0 aromatic carbocycles. The molecular formula is C32H50N2O4. The van der Waals surface area contributed by atoms with Crippen molar-refractivity contribution in [2.24, 2.45) is 51.8 Å². The molecule has 1 aliphatic heterocycles. The third-order valence-electron chi connectivity index (χ3n) is 12.1. The molecule has 212 valence electrons. The van der Waals surface area contributed by atoms with Crippen molar-refractivity contribution >= 4 is 17.8 Å². The highest BCUT2D eigenvalue weighted by molar-refractivity contribution is 5.93. The molecule has 0 spiro atoms. The zero-order valence-corrected chi connectivity index (χ0v) is 24.7. The summed E-state index contributed by atoms with van der Waals surface area (Å²) in [6, 6.07) is 0. The van der Waals surface area contributed by atoms with Crippen molar-refractivity contribution in [1.29, 1.82) is 0 Å². The molecule has 10 atom stereocenters. The maximum absolute atomic E-state index is 13.7. The molecule has 4 fully saturated rings. The van der Waals surface area contributed by atoms with Crippen LogP contribution >= 0.6 is 0 Å². The van der Waals surface area contributed by atoms with Crippen molar-refractivity contribution in [2.45, 2.75) is 86.2 Å². The molecule has 38 heavy (non-hydrogen) atoms. The van der Waals surface area contributed by atoms with Gasteiger partial charge < -0.3 is 9.64 Å². The number of hydrogen-bond donors (Lipinski definition) is 1. The molecule has 1 saturated heterocycles. The first-order valence-corrected chi connectivity index (χ1v) is 14.8. The number of hydrogen-bond acceptors (Lipinski definition) is 5. The van der Waals surface area contributed by atoms with Crippen molar-refractivity contribution in [3.63, 3.8) is 0 Å². The van der Waals surface area contributed by atoms with E-state index in [0.29, 0.717) is 31.1 Å². The first kappa shape index (κ1) is 29.0. The molecule has 3 aliphatic carbocycles. The fourth-order valence-corrected chi connectivity index (χ4v) is 8.98. The number of ketones is 1. The number of nitrogens with zero attached hydrogens (tertiary/aromatic N) is 1. The highest BCUT2D eigenvalue weighted by Crippen LogP contribution is 2.69. The Morgan fingerprint density at radius 3 is 2.50 bits per heavy atom. The second-order valence-electron chi connectivity index (χ2n) is 13.8.